The lowest BCUT2D eigenvalue weighted by Gasteiger charge is -2.29. The number of unbranched alkanes of at least 4 members (excludes halogenated alkanes) is 3. The van der Waals surface area contributed by atoms with Gasteiger partial charge in [0.15, 0.2) is 5.03 Å². The normalized spacial score (nSPS) is 12.2. The van der Waals surface area contributed by atoms with Crippen LogP contribution in [0.4, 0.5) is 4.79 Å². The lowest BCUT2D eigenvalue weighted by molar-refractivity contribution is -0.629. The minimum absolute atomic E-state index is 0.0325. The Bertz CT molecular complexity index is 1470. The van der Waals surface area contributed by atoms with Gasteiger partial charge in [-0.1, -0.05) is 79.7 Å². The third-order valence-electron chi connectivity index (χ3n) is 7.86. The van der Waals surface area contributed by atoms with Gasteiger partial charge >= 0.3 is 6.03 Å². The van der Waals surface area contributed by atoms with Gasteiger partial charge in [0, 0.05) is 30.2 Å². The molecule has 2 aromatic carbocycles. The number of hydrogen-bond acceptors (Lipinski definition) is 6. The molecule has 1 heterocycles. The summed E-state index contributed by atoms with van der Waals surface area (Å²) >= 11 is 0. The molecule has 1 aromatic heterocycles. The number of carbonyl (C=O) groups is 3. The zero-order valence-corrected chi connectivity index (χ0v) is 26.8. The molecule has 0 bridgehead atoms. The second-order valence-electron chi connectivity index (χ2n) is 11.5. The predicted molar refractivity (Wildman–Crippen MR) is 180 cm³/mol. The zero-order valence-electron chi connectivity index (χ0n) is 26.8. The van der Waals surface area contributed by atoms with E-state index < -0.39 is 40.9 Å². The molecule has 0 saturated heterocycles. The number of hydrazine groups is 1. The molecule has 0 fully saturated rings. The average Bonchev–Trinajstić information content (AvgIpc) is 3.45. The van der Waals surface area contributed by atoms with Crippen molar-refractivity contribution >= 4 is 34.7 Å². The Kier molecular flexibility index (Phi) is 14.5. The van der Waals surface area contributed by atoms with Gasteiger partial charge in [-0.15, -0.1) is 0 Å². The molecular weight excluding hydrogens is 602 g/mol. The van der Waals surface area contributed by atoms with Crippen molar-refractivity contribution in [3.8, 4) is 0 Å². The van der Waals surface area contributed by atoms with Crippen LogP contribution in [0.5, 0.6) is 0 Å². The molecule has 4 amide bonds. The molecular formula is C33H46N9O5. The zero-order chi connectivity index (χ0) is 34.2. The van der Waals surface area contributed by atoms with Crippen molar-refractivity contribution in [3.05, 3.63) is 88.5 Å². The van der Waals surface area contributed by atoms with Gasteiger partial charge in [-0.2, -0.15) is 0 Å². The highest BCUT2D eigenvalue weighted by atomic mass is 16.7. The first kappa shape index (κ1) is 36.3. The topological polar surface area (TPSA) is 217 Å². The van der Waals surface area contributed by atoms with E-state index in [2.05, 4.69) is 22.5 Å². The molecule has 0 aliphatic heterocycles. The van der Waals surface area contributed by atoms with Crippen molar-refractivity contribution in [1.29, 1.82) is 5.41 Å². The second-order valence-corrected chi connectivity index (χ2v) is 11.5. The first-order valence-corrected chi connectivity index (χ1v) is 15.9. The van der Waals surface area contributed by atoms with Crippen LogP contribution in [0.1, 0.15) is 56.6 Å². The van der Waals surface area contributed by atoms with Crippen LogP contribution in [0.15, 0.2) is 60.8 Å². The molecule has 2 atom stereocenters. The number of urea groups is 1. The summed E-state index contributed by atoms with van der Waals surface area (Å²) in [5.74, 6) is -1.72. The highest BCUT2D eigenvalue weighted by Crippen LogP contribution is 2.20. The number of nitro groups is 1. The molecule has 0 saturated carbocycles. The molecule has 0 aliphatic carbocycles. The van der Waals surface area contributed by atoms with Gasteiger partial charge in [0.25, 0.3) is 5.96 Å². The average molecular weight is 649 g/mol. The van der Waals surface area contributed by atoms with Gasteiger partial charge in [-0.3, -0.25) is 15.0 Å². The number of hydrogen-bond donors (Lipinski definition) is 6. The van der Waals surface area contributed by atoms with Crippen LogP contribution in [0.3, 0.4) is 0 Å². The van der Waals surface area contributed by atoms with Crippen molar-refractivity contribution < 1.29 is 19.4 Å². The van der Waals surface area contributed by atoms with E-state index in [-0.39, 0.29) is 25.9 Å². The number of H-pyrrole nitrogens is 1. The number of aromatic amines is 1. The fraction of sp³-hybridized carbons (Fsp3) is 0.424. The van der Waals surface area contributed by atoms with Crippen LogP contribution >= 0.6 is 0 Å². The van der Waals surface area contributed by atoms with Crippen LogP contribution in [-0.4, -0.2) is 75.4 Å². The summed E-state index contributed by atoms with van der Waals surface area (Å²) in [6, 6.07) is 14.9. The van der Waals surface area contributed by atoms with Gasteiger partial charge in [-0.05, 0) is 49.3 Å². The molecule has 3 rings (SSSR count). The van der Waals surface area contributed by atoms with E-state index >= 15 is 0 Å². The number of para-hydroxylation sites is 1. The molecule has 0 aliphatic rings. The maximum atomic E-state index is 13.9. The summed E-state index contributed by atoms with van der Waals surface area (Å²) in [4.78, 5) is 55.4. The fourth-order valence-corrected chi connectivity index (χ4v) is 5.38. The molecule has 2 unspecified atom stereocenters. The Balaban J connectivity index is 1.80. The van der Waals surface area contributed by atoms with Crippen LogP contribution in [0.2, 0.25) is 0 Å². The summed E-state index contributed by atoms with van der Waals surface area (Å²) in [5, 5.41) is 25.2. The molecule has 8 N–H and O–H groups in total. The molecule has 14 heteroatoms. The lowest BCUT2D eigenvalue weighted by Crippen LogP contribution is -2.54. The monoisotopic (exact) mass is 648 g/mol. The number of nitrogens with two attached hydrogens (primary N) is 2. The lowest BCUT2D eigenvalue weighted by atomic mass is 10.0. The molecule has 47 heavy (non-hydrogen) atoms. The van der Waals surface area contributed by atoms with Crippen LogP contribution < -0.4 is 22.1 Å². The van der Waals surface area contributed by atoms with Gasteiger partial charge in [0.1, 0.15) is 6.04 Å². The first-order valence-electron chi connectivity index (χ1n) is 15.9. The van der Waals surface area contributed by atoms with Gasteiger partial charge in [0.05, 0.1) is 19.0 Å². The van der Waals surface area contributed by atoms with Crippen LogP contribution in [0.25, 0.3) is 10.9 Å². The maximum absolute atomic E-state index is 13.9. The van der Waals surface area contributed by atoms with Crippen molar-refractivity contribution in [2.75, 3.05) is 19.6 Å². The van der Waals surface area contributed by atoms with Crippen LogP contribution in [0, 0.1) is 21.9 Å². The minimum atomic E-state index is -1.06. The Morgan fingerprint density at radius 1 is 1.00 bits per heavy atom. The number of fused-ring (bicyclic) bond motifs is 1. The quantitative estimate of drug-likeness (QED) is 0.0353. The Hall–Kier alpha value is -5.14. The fourth-order valence-electron chi connectivity index (χ4n) is 5.38. The third kappa shape index (κ3) is 11.9. The minimum Gasteiger partial charge on any atom is -0.365 e. The van der Waals surface area contributed by atoms with Gasteiger partial charge in [-0.25, -0.2) is 14.9 Å². The van der Waals surface area contributed by atoms with Crippen molar-refractivity contribution in [2.24, 2.45) is 11.5 Å². The summed E-state index contributed by atoms with van der Waals surface area (Å²) in [6.07, 6.45) is 7.90. The standard InChI is InChI=1S/C33H46N9O5/c1-2-3-4-10-19-40(33(36)45)23-26(21-25-22-37-28-15-9-8-14-27(25)28)38-31(44)29(16-11-20-41(32(34)35)42(46)47)39-30(43)18-17-24-12-6-5-7-13-24/h5-9,12-15,18,22,26,29,37H,2-4,10-11,16-17,19-21,23H2,1H3,(H3,34,35)(H2,36,45)(H,38,44)(H,39,43). The Morgan fingerprint density at radius 3 is 2.40 bits per heavy atom. The van der Waals surface area contributed by atoms with E-state index in [1.807, 2.05) is 60.8 Å². The summed E-state index contributed by atoms with van der Waals surface area (Å²) in [7, 11) is 0. The summed E-state index contributed by atoms with van der Waals surface area (Å²) < 4.78 is 0. The van der Waals surface area contributed by atoms with E-state index in [0.717, 1.165) is 47.7 Å². The number of guanidine groups is 1. The Morgan fingerprint density at radius 2 is 1.72 bits per heavy atom. The first-order chi connectivity index (χ1) is 22.6. The van der Waals surface area contributed by atoms with Crippen molar-refractivity contribution in [1.82, 2.24) is 25.5 Å². The van der Waals surface area contributed by atoms with Crippen molar-refractivity contribution in [3.63, 3.8) is 0 Å². The highest BCUT2D eigenvalue weighted by Gasteiger charge is 2.27. The second kappa shape index (κ2) is 18.7. The van der Waals surface area contributed by atoms with Gasteiger partial charge in [0.2, 0.25) is 11.8 Å². The number of nitrogens with zero attached hydrogens (tertiary/aromatic N) is 3. The summed E-state index contributed by atoms with van der Waals surface area (Å²) in [6.45, 7) is 2.45. The number of rotatable bonds is 20. The largest absolute Gasteiger partial charge is 0.365 e. The van der Waals surface area contributed by atoms with Crippen molar-refractivity contribution in [2.45, 2.75) is 70.4 Å². The maximum Gasteiger partial charge on any atom is 0.314 e. The number of primary amides is 1. The number of benzene rings is 2. The molecule has 3 aromatic rings. The van der Waals surface area contributed by atoms with E-state index in [1.54, 1.807) is 0 Å². The van der Waals surface area contributed by atoms with E-state index in [9.17, 15) is 24.5 Å². The molecule has 1 radical (unpaired) electrons. The van der Waals surface area contributed by atoms with E-state index in [1.165, 1.54) is 11.3 Å². The number of amides is 4. The summed E-state index contributed by atoms with van der Waals surface area (Å²) in [5.41, 5.74) is 13.9. The van der Waals surface area contributed by atoms with E-state index in [4.69, 9.17) is 16.9 Å². The third-order valence-corrected chi connectivity index (χ3v) is 7.86. The van der Waals surface area contributed by atoms with Gasteiger partial charge < -0.3 is 32.0 Å². The number of nitrogens with one attached hydrogen (secondary N) is 4. The smallest absolute Gasteiger partial charge is 0.314 e. The predicted octanol–water partition coefficient (Wildman–Crippen LogP) is 3.26. The Labute approximate surface area is 274 Å². The molecule has 14 nitrogen and oxygen atoms in total. The molecule has 0 spiro atoms. The van der Waals surface area contributed by atoms with Crippen LogP contribution in [-0.2, 0) is 22.4 Å². The number of carbonyl (C=O) groups excluding carboxylic acids is 3. The van der Waals surface area contributed by atoms with E-state index in [0.29, 0.717) is 24.4 Å². The SMILES string of the molecule is CCCCCCN(CC(Cc1c[nH]c2ccccc12)NC(=O)C(CCCN(C(=N)N)[N+](=O)[O-])NC(=O)[CH]Cc1ccccc1)C(N)=O. The molecule has 253 valence electrons. The highest BCUT2D eigenvalue weighted by molar-refractivity contribution is 5.91. The number of aromatic nitrogens is 1.